The van der Waals surface area contributed by atoms with Crippen molar-refractivity contribution >= 4 is 17.7 Å². The van der Waals surface area contributed by atoms with Crippen LogP contribution in [0, 0.1) is 0 Å². The molecule has 2 aromatic rings. The summed E-state index contributed by atoms with van der Waals surface area (Å²) in [6, 6.07) is 9.36. The molecule has 0 bridgehead atoms. The number of likely N-dealkylation sites (N-methyl/N-ethyl adjacent to an activating group) is 1. The number of aromatic nitrogens is 2. The molecular formula is C19H25N5O3. The summed E-state index contributed by atoms with van der Waals surface area (Å²) in [6.45, 7) is 5.82. The molecule has 8 heteroatoms. The van der Waals surface area contributed by atoms with Crippen molar-refractivity contribution in [3.8, 4) is 5.69 Å². The smallest absolute Gasteiger partial charge is 0.343 e. The van der Waals surface area contributed by atoms with E-state index in [-0.39, 0.29) is 24.6 Å². The Labute approximate surface area is 158 Å². The molecule has 1 aliphatic rings. The fourth-order valence-corrected chi connectivity index (χ4v) is 2.97. The van der Waals surface area contributed by atoms with Crippen LogP contribution in [0.4, 0.5) is 5.82 Å². The van der Waals surface area contributed by atoms with E-state index in [9.17, 15) is 9.59 Å². The molecule has 3 rings (SSSR count). The Morgan fingerprint density at radius 3 is 2.52 bits per heavy atom. The fourth-order valence-electron chi connectivity index (χ4n) is 2.97. The number of amides is 1. The summed E-state index contributed by atoms with van der Waals surface area (Å²) in [6.07, 6.45) is 1.43. The van der Waals surface area contributed by atoms with Gasteiger partial charge in [-0.2, -0.15) is 5.10 Å². The van der Waals surface area contributed by atoms with E-state index in [0.717, 1.165) is 31.9 Å². The van der Waals surface area contributed by atoms with Crippen LogP contribution >= 0.6 is 0 Å². The third kappa shape index (κ3) is 4.72. The zero-order chi connectivity index (χ0) is 19.2. The summed E-state index contributed by atoms with van der Waals surface area (Å²) in [5, 5.41) is 7.14. The topological polar surface area (TPSA) is 79.7 Å². The van der Waals surface area contributed by atoms with Gasteiger partial charge in [0.05, 0.1) is 25.0 Å². The summed E-state index contributed by atoms with van der Waals surface area (Å²) in [4.78, 5) is 29.2. The van der Waals surface area contributed by atoms with Crippen LogP contribution in [0.5, 0.6) is 0 Å². The van der Waals surface area contributed by atoms with Crippen LogP contribution in [0.15, 0.2) is 36.5 Å². The third-order valence-electron chi connectivity index (χ3n) is 4.49. The zero-order valence-corrected chi connectivity index (χ0v) is 15.7. The summed E-state index contributed by atoms with van der Waals surface area (Å²) in [5.74, 6) is -0.351. The zero-order valence-electron chi connectivity index (χ0n) is 15.7. The van der Waals surface area contributed by atoms with E-state index in [1.165, 1.54) is 6.20 Å². The van der Waals surface area contributed by atoms with Gasteiger partial charge in [0.1, 0.15) is 5.56 Å². The van der Waals surface area contributed by atoms with E-state index in [4.69, 9.17) is 4.74 Å². The standard InChI is InChI=1S/C19H25N5O3/c1-3-27-19(26)16-13-20-24(15-7-5-4-6-8-15)18(16)21-17(25)14-23-11-9-22(2)10-12-23/h4-8,13H,3,9-12,14H2,1-2H3,(H,21,25). The second-order valence-corrected chi connectivity index (χ2v) is 6.50. The highest BCUT2D eigenvalue weighted by molar-refractivity contribution is 6.01. The number of ether oxygens (including phenoxy) is 1. The SMILES string of the molecule is CCOC(=O)c1cnn(-c2ccccc2)c1NC(=O)CN1CCN(C)CC1. The molecule has 2 heterocycles. The number of nitrogens with zero attached hydrogens (tertiary/aromatic N) is 4. The first-order valence-corrected chi connectivity index (χ1v) is 9.09. The van der Waals surface area contributed by atoms with Crippen LogP contribution in [-0.4, -0.2) is 77.8 Å². The number of benzene rings is 1. The van der Waals surface area contributed by atoms with Gasteiger partial charge in [0, 0.05) is 26.2 Å². The van der Waals surface area contributed by atoms with Gasteiger partial charge in [-0.05, 0) is 26.1 Å². The maximum Gasteiger partial charge on any atom is 0.343 e. The molecule has 1 saturated heterocycles. The van der Waals surface area contributed by atoms with Gasteiger partial charge >= 0.3 is 5.97 Å². The Morgan fingerprint density at radius 1 is 1.15 bits per heavy atom. The van der Waals surface area contributed by atoms with E-state index in [1.807, 2.05) is 30.3 Å². The average molecular weight is 371 g/mol. The summed E-state index contributed by atoms with van der Waals surface area (Å²) in [7, 11) is 2.07. The first kappa shape index (κ1) is 19.1. The molecule has 0 saturated carbocycles. The maximum atomic E-state index is 12.6. The van der Waals surface area contributed by atoms with E-state index >= 15 is 0 Å². The van der Waals surface area contributed by atoms with Crippen LogP contribution in [0.2, 0.25) is 0 Å². The molecule has 0 aliphatic carbocycles. The van der Waals surface area contributed by atoms with Crippen molar-refractivity contribution in [3.05, 3.63) is 42.1 Å². The number of piperazine rings is 1. The molecule has 0 atom stereocenters. The number of hydrogen-bond donors (Lipinski definition) is 1. The van der Waals surface area contributed by atoms with Gasteiger partial charge in [0.25, 0.3) is 0 Å². The maximum absolute atomic E-state index is 12.6. The minimum Gasteiger partial charge on any atom is -0.462 e. The lowest BCUT2D eigenvalue weighted by molar-refractivity contribution is -0.117. The van der Waals surface area contributed by atoms with Crippen LogP contribution in [0.1, 0.15) is 17.3 Å². The van der Waals surface area contributed by atoms with Crippen molar-refractivity contribution in [2.24, 2.45) is 0 Å². The number of esters is 1. The Bertz CT molecular complexity index is 782. The van der Waals surface area contributed by atoms with Gasteiger partial charge in [0.15, 0.2) is 5.82 Å². The molecule has 1 aromatic heterocycles. The van der Waals surface area contributed by atoms with Crippen molar-refractivity contribution in [2.75, 3.05) is 51.7 Å². The molecule has 27 heavy (non-hydrogen) atoms. The lowest BCUT2D eigenvalue weighted by Gasteiger charge is -2.31. The highest BCUT2D eigenvalue weighted by Crippen LogP contribution is 2.21. The van der Waals surface area contributed by atoms with Crippen molar-refractivity contribution in [1.82, 2.24) is 19.6 Å². The number of carbonyl (C=O) groups is 2. The number of hydrogen-bond acceptors (Lipinski definition) is 6. The average Bonchev–Trinajstić information content (AvgIpc) is 3.08. The number of anilines is 1. The predicted molar refractivity (Wildman–Crippen MR) is 102 cm³/mol. The van der Waals surface area contributed by atoms with Gasteiger partial charge < -0.3 is 15.0 Å². The first-order chi connectivity index (χ1) is 13.1. The van der Waals surface area contributed by atoms with Crippen molar-refractivity contribution in [3.63, 3.8) is 0 Å². The predicted octanol–water partition coefficient (Wildman–Crippen LogP) is 1.23. The molecule has 1 fully saturated rings. The Balaban J connectivity index is 1.80. The molecule has 0 radical (unpaired) electrons. The highest BCUT2D eigenvalue weighted by atomic mass is 16.5. The van der Waals surface area contributed by atoms with E-state index in [0.29, 0.717) is 5.82 Å². The van der Waals surface area contributed by atoms with Crippen LogP contribution in [0.3, 0.4) is 0 Å². The van der Waals surface area contributed by atoms with Crippen LogP contribution in [0.25, 0.3) is 5.69 Å². The quantitative estimate of drug-likeness (QED) is 0.770. The molecule has 0 spiro atoms. The Hall–Kier alpha value is -2.71. The lowest BCUT2D eigenvalue weighted by Crippen LogP contribution is -2.47. The van der Waals surface area contributed by atoms with Gasteiger partial charge in [-0.3, -0.25) is 9.69 Å². The molecule has 144 valence electrons. The second kappa shape index (κ2) is 8.79. The Morgan fingerprint density at radius 2 is 1.85 bits per heavy atom. The van der Waals surface area contributed by atoms with Crippen molar-refractivity contribution in [2.45, 2.75) is 6.92 Å². The van der Waals surface area contributed by atoms with E-state index < -0.39 is 5.97 Å². The third-order valence-corrected chi connectivity index (χ3v) is 4.49. The van der Waals surface area contributed by atoms with Gasteiger partial charge in [-0.1, -0.05) is 18.2 Å². The number of nitrogens with one attached hydrogen (secondary N) is 1. The molecule has 1 aromatic carbocycles. The summed E-state index contributed by atoms with van der Waals surface area (Å²) < 4.78 is 6.65. The van der Waals surface area contributed by atoms with Crippen molar-refractivity contribution in [1.29, 1.82) is 0 Å². The first-order valence-electron chi connectivity index (χ1n) is 9.09. The molecule has 8 nitrogen and oxygen atoms in total. The van der Waals surface area contributed by atoms with E-state index in [1.54, 1.807) is 11.6 Å². The molecule has 1 N–H and O–H groups in total. The number of rotatable bonds is 6. The minimum absolute atomic E-state index is 0.178. The van der Waals surface area contributed by atoms with Crippen molar-refractivity contribution < 1.29 is 14.3 Å². The Kier molecular flexibility index (Phi) is 6.20. The largest absolute Gasteiger partial charge is 0.462 e. The molecule has 0 unspecified atom stereocenters. The lowest BCUT2D eigenvalue weighted by atomic mass is 10.3. The summed E-state index contributed by atoms with van der Waals surface area (Å²) >= 11 is 0. The molecule has 1 aliphatic heterocycles. The van der Waals surface area contributed by atoms with Gasteiger partial charge in [-0.15, -0.1) is 0 Å². The van der Waals surface area contributed by atoms with Crippen LogP contribution < -0.4 is 5.32 Å². The van der Waals surface area contributed by atoms with Gasteiger partial charge in [-0.25, -0.2) is 9.48 Å². The molecule has 1 amide bonds. The number of para-hydroxylation sites is 1. The minimum atomic E-state index is -0.505. The second-order valence-electron chi connectivity index (χ2n) is 6.50. The van der Waals surface area contributed by atoms with E-state index in [2.05, 4.69) is 27.3 Å². The monoisotopic (exact) mass is 371 g/mol. The number of carbonyl (C=O) groups excluding carboxylic acids is 2. The highest BCUT2D eigenvalue weighted by Gasteiger charge is 2.23. The molecular weight excluding hydrogens is 346 g/mol. The summed E-state index contributed by atoms with van der Waals surface area (Å²) in [5.41, 5.74) is 0.996. The van der Waals surface area contributed by atoms with Gasteiger partial charge in [0.2, 0.25) is 5.91 Å². The fraction of sp³-hybridized carbons (Fsp3) is 0.421. The normalized spacial score (nSPS) is 15.5. The van der Waals surface area contributed by atoms with Crippen LogP contribution in [-0.2, 0) is 9.53 Å².